The molecule has 0 bridgehead atoms. The molecule has 3 heterocycles. The van der Waals surface area contributed by atoms with Gasteiger partial charge in [0, 0.05) is 23.6 Å². The van der Waals surface area contributed by atoms with Crippen LogP contribution in [0.1, 0.15) is 65.8 Å². The summed E-state index contributed by atoms with van der Waals surface area (Å²) in [7, 11) is 1.35. The van der Waals surface area contributed by atoms with Crippen LogP contribution < -0.4 is 10.6 Å². The predicted molar refractivity (Wildman–Crippen MR) is 135 cm³/mol. The van der Waals surface area contributed by atoms with Crippen LogP contribution in [0.2, 0.25) is 0 Å². The van der Waals surface area contributed by atoms with Gasteiger partial charge in [0.2, 0.25) is 0 Å². The maximum atomic E-state index is 13.1. The van der Waals surface area contributed by atoms with Crippen LogP contribution in [-0.4, -0.2) is 47.3 Å². The second kappa shape index (κ2) is 10.5. The van der Waals surface area contributed by atoms with E-state index in [0.29, 0.717) is 41.5 Å². The van der Waals surface area contributed by atoms with E-state index in [4.69, 9.17) is 14.5 Å². The first-order chi connectivity index (χ1) is 17.1. The highest BCUT2D eigenvalue weighted by Crippen LogP contribution is 2.34. The number of carbonyl (C=O) groups is 2. The van der Waals surface area contributed by atoms with Crippen molar-refractivity contribution in [3.8, 4) is 0 Å². The lowest BCUT2D eigenvalue weighted by Crippen LogP contribution is -2.22. The molecule has 0 radical (unpaired) electrons. The number of ether oxygens (including phenoxy) is 2. The summed E-state index contributed by atoms with van der Waals surface area (Å²) in [5.74, 6) is -0.816. The summed E-state index contributed by atoms with van der Waals surface area (Å²) < 4.78 is 12.8. The van der Waals surface area contributed by atoms with Crippen LogP contribution in [-0.2, 0) is 16.0 Å². The lowest BCUT2D eigenvalue weighted by Gasteiger charge is -2.23. The number of amides is 1. The van der Waals surface area contributed by atoms with Crippen molar-refractivity contribution in [2.45, 2.75) is 63.6 Å². The van der Waals surface area contributed by atoms with Crippen LogP contribution in [0.25, 0.3) is 11.0 Å². The Kier molecular flexibility index (Phi) is 6.99. The van der Waals surface area contributed by atoms with E-state index in [1.165, 1.54) is 26.4 Å². The number of carbonyl (C=O) groups excluding carboxylic acids is 2. The molecule has 8 heteroatoms. The monoisotopic (exact) mass is 476 g/mol. The van der Waals surface area contributed by atoms with Gasteiger partial charge in [0.25, 0.3) is 5.91 Å². The number of aromatic nitrogens is 2. The van der Waals surface area contributed by atoms with Crippen molar-refractivity contribution < 1.29 is 19.1 Å². The van der Waals surface area contributed by atoms with Crippen LogP contribution in [0.3, 0.4) is 0 Å². The van der Waals surface area contributed by atoms with Gasteiger partial charge in [-0.3, -0.25) is 4.79 Å². The Labute approximate surface area is 205 Å². The number of nitrogens with zero attached hydrogens (tertiary/aromatic N) is 2. The molecule has 1 saturated heterocycles. The summed E-state index contributed by atoms with van der Waals surface area (Å²) in [5, 5.41) is 7.30. The third-order valence-corrected chi connectivity index (χ3v) is 6.94. The van der Waals surface area contributed by atoms with Gasteiger partial charge in [-0.15, -0.1) is 0 Å². The zero-order valence-electron chi connectivity index (χ0n) is 20.1. The summed E-state index contributed by atoms with van der Waals surface area (Å²) in [6.45, 7) is 1.17. The van der Waals surface area contributed by atoms with Gasteiger partial charge >= 0.3 is 5.97 Å². The lowest BCUT2D eigenvalue weighted by molar-refractivity contribution is 0.0580. The Bertz CT molecular complexity index is 1190. The van der Waals surface area contributed by atoms with Crippen molar-refractivity contribution in [1.82, 2.24) is 9.55 Å². The molecule has 184 valence electrons. The summed E-state index contributed by atoms with van der Waals surface area (Å²) in [6, 6.07) is 11.3. The summed E-state index contributed by atoms with van der Waals surface area (Å²) in [6.07, 6.45) is 9.66. The number of pyridine rings is 1. The molecule has 1 amide bonds. The molecule has 2 N–H and O–H groups in total. The number of hydrogen-bond donors (Lipinski definition) is 2. The molecule has 35 heavy (non-hydrogen) atoms. The molecule has 0 unspecified atom stereocenters. The van der Waals surface area contributed by atoms with Gasteiger partial charge in [-0.2, -0.15) is 0 Å². The fourth-order valence-electron chi connectivity index (χ4n) is 5.17. The number of anilines is 2. The van der Waals surface area contributed by atoms with Gasteiger partial charge in [0.05, 0.1) is 37.3 Å². The first-order valence-electron chi connectivity index (χ1n) is 12.5. The van der Waals surface area contributed by atoms with Crippen LogP contribution in [0.15, 0.2) is 42.6 Å². The largest absolute Gasteiger partial charge is 0.464 e. The maximum Gasteiger partial charge on any atom is 0.356 e. The second-order valence-electron chi connectivity index (χ2n) is 9.36. The molecule has 8 nitrogen and oxygen atoms in total. The molecule has 1 aliphatic carbocycles. The van der Waals surface area contributed by atoms with Crippen molar-refractivity contribution in [3.63, 3.8) is 0 Å². The Balaban J connectivity index is 1.59. The van der Waals surface area contributed by atoms with Crippen LogP contribution >= 0.6 is 0 Å². The van der Waals surface area contributed by atoms with Crippen LogP contribution in [0.4, 0.5) is 11.4 Å². The zero-order chi connectivity index (χ0) is 24.2. The lowest BCUT2D eigenvalue weighted by atomic mass is 9.95. The van der Waals surface area contributed by atoms with Gasteiger partial charge in [0.1, 0.15) is 5.65 Å². The molecule has 3 aromatic rings. The van der Waals surface area contributed by atoms with Crippen molar-refractivity contribution in [2.75, 3.05) is 24.4 Å². The standard InChI is InChI=1S/C27H32N4O4/c1-34-27(33)24-23(30-26(32)18-9-4-2-5-10-18)22-15-20(29-19-11-6-3-7-12-19)16-28-25(22)31(24)17-21-13-8-14-35-21/h2,4-5,9-10,15-16,19,21,29H,3,6-8,11-14,17H2,1H3,(H,30,32)/t21-/m0/s1. The highest BCUT2D eigenvalue weighted by Gasteiger charge is 2.29. The van der Waals surface area contributed by atoms with Gasteiger partial charge in [0.15, 0.2) is 5.69 Å². The fraction of sp³-hybridized carbons (Fsp3) is 0.444. The third-order valence-electron chi connectivity index (χ3n) is 6.94. The molecule has 0 spiro atoms. The van der Waals surface area contributed by atoms with E-state index >= 15 is 0 Å². The molecule has 1 aromatic carbocycles. The number of fused-ring (bicyclic) bond motifs is 1. The molecule has 5 rings (SSSR count). The SMILES string of the molecule is COC(=O)c1c(NC(=O)c2ccccc2)c2cc(NC3CCCCC3)cnc2n1C[C@@H]1CCCO1. The quantitative estimate of drug-likeness (QED) is 0.466. The maximum absolute atomic E-state index is 13.1. The van der Waals surface area contributed by atoms with E-state index in [1.807, 2.05) is 35.0 Å². The fourth-order valence-corrected chi connectivity index (χ4v) is 5.17. The minimum absolute atomic E-state index is 0.0199. The number of rotatable bonds is 7. The van der Waals surface area contributed by atoms with Crippen LogP contribution in [0.5, 0.6) is 0 Å². The average molecular weight is 477 g/mol. The Morgan fingerprint density at radius 2 is 1.91 bits per heavy atom. The number of esters is 1. The van der Waals surface area contributed by atoms with E-state index in [9.17, 15) is 9.59 Å². The highest BCUT2D eigenvalue weighted by atomic mass is 16.5. The van der Waals surface area contributed by atoms with E-state index in [2.05, 4.69) is 10.6 Å². The topological polar surface area (TPSA) is 94.5 Å². The molecule has 2 aromatic heterocycles. The van der Waals surface area contributed by atoms with E-state index in [0.717, 1.165) is 31.4 Å². The van der Waals surface area contributed by atoms with Gasteiger partial charge in [-0.05, 0) is 43.9 Å². The van der Waals surface area contributed by atoms with Gasteiger partial charge < -0.3 is 24.7 Å². The molecular weight excluding hydrogens is 444 g/mol. The molecule has 1 atom stereocenters. The second-order valence-corrected chi connectivity index (χ2v) is 9.36. The Morgan fingerprint density at radius 3 is 2.63 bits per heavy atom. The Hall–Kier alpha value is -3.39. The molecule has 1 aliphatic heterocycles. The van der Waals surface area contributed by atoms with Crippen LogP contribution in [0, 0.1) is 0 Å². The molecule has 1 saturated carbocycles. The number of benzene rings is 1. The van der Waals surface area contributed by atoms with Gasteiger partial charge in [-0.1, -0.05) is 37.5 Å². The average Bonchev–Trinajstić information content (AvgIpc) is 3.51. The highest BCUT2D eigenvalue weighted by molar-refractivity contribution is 6.14. The minimum atomic E-state index is -0.522. The normalized spacial score (nSPS) is 18.5. The molecular formula is C27H32N4O4. The third kappa shape index (κ3) is 5.03. The molecule has 2 aliphatic rings. The zero-order valence-corrected chi connectivity index (χ0v) is 20.1. The van der Waals surface area contributed by atoms with Crippen molar-refractivity contribution in [3.05, 3.63) is 53.9 Å². The minimum Gasteiger partial charge on any atom is -0.464 e. The Morgan fingerprint density at radius 1 is 1.11 bits per heavy atom. The number of methoxy groups -OCH3 is 1. The van der Waals surface area contributed by atoms with Crippen molar-refractivity contribution >= 4 is 34.3 Å². The van der Waals surface area contributed by atoms with E-state index < -0.39 is 5.97 Å². The summed E-state index contributed by atoms with van der Waals surface area (Å²) in [5.41, 5.74) is 2.71. The van der Waals surface area contributed by atoms with E-state index in [-0.39, 0.29) is 17.7 Å². The summed E-state index contributed by atoms with van der Waals surface area (Å²) >= 11 is 0. The van der Waals surface area contributed by atoms with Gasteiger partial charge in [-0.25, -0.2) is 9.78 Å². The molecule has 2 fully saturated rings. The number of hydrogen-bond acceptors (Lipinski definition) is 6. The smallest absolute Gasteiger partial charge is 0.356 e. The van der Waals surface area contributed by atoms with E-state index in [1.54, 1.807) is 12.1 Å². The first kappa shape index (κ1) is 23.4. The van der Waals surface area contributed by atoms with Crippen molar-refractivity contribution in [1.29, 1.82) is 0 Å². The predicted octanol–water partition coefficient (Wildman–Crippen LogP) is 5.00. The first-order valence-corrected chi connectivity index (χ1v) is 12.5. The number of nitrogens with one attached hydrogen (secondary N) is 2. The van der Waals surface area contributed by atoms with Crippen molar-refractivity contribution in [2.24, 2.45) is 0 Å². The summed E-state index contributed by atoms with van der Waals surface area (Å²) in [4.78, 5) is 30.9.